The zero-order valence-corrected chi connectivity index (χ0v) is 18.1. The maximum atomic E-state index is 12.3. The van der Waals surface area contributed by atoms with Gasteiger partial charge in [-0.1, -0.05) is 12.1 Å². The number of amides is 2. The molecule has 8 nitrogen and oxygen atoms in total. The first-order valence-corrected chi connectivity index (χ1v) is 10.3. The van der Waals surface area contributed by atoms with Gasteiger partial charge in [-0.2, -0.15) is 0 Å². The summed E-state index contributed by atoms with van der Waals surface area (Å²) in [6, 6.07) is 15.3. The standard InChI is InChI=1S/C23H30N4O4/c1-26(16-22(28)24-15-18-3-9-21(30-2)10-4-18)17-23(29)25-19-5-7-20(8-6-19)27-11-13-31-14-12-27/h3-10H,11-17H2,1-2H3,(H,24,28)(H,25,29). The number of benzene rings is 2. The van der Waals surface area contributed by atoms with E-state index in [9.17, 15) is 9.59 Å². The number of hydrogen-bond donors (Lipinski definition) is 2. The maximum Gasteiger partial charge on any atom is 0.238 e. The number of nitrogens with zero attached hydrogens (tertiary/aromatic N) is 2. The van der Waals surface area contributed by atoms with Crippen LogP contribution in [0.1, 0.15) is 5.56 Å². The van der Waals surface area contributed by atoms with Crippen molar-refractivity contribution in [1.82, 2.24) is 10.2 Å². The Kier molecular flexibility index (Phi) is 8.26. The minimum atomic E-state index is -0.162. The van der Waals surface area contributed by atoms with Crippen molar-refractivity contribution in [2.45, 2.75) is 6.54 Å². The number of methoxy groups -OCH3 is 1. The smallest absolute Gasteiger partial charge is 0.238 e. The number of anilines is 2. The molecule has 2 aromatic rings. The molecular weight excluding hydrogens is 396 g/mol. The largest absolute Gasteiger partial charge is 0.497 e. The highest BCUT2D eigenvalue weighted by atomic mass is 16.5. The van der Waals surface area contributed by atoms with Crippen LogP contribution in [-0.4, -0.2) is 70.3 Å². The van der Waals surface area contributed by atoms with Crippen LogP contribution >= 0.6 is 0 Å². The average molecular weight is 427 g/mol. The summed E-state index contributed by atoms with van der Waals surface area (Å²) in [4.78, 5) is 28.4. The van der Waals surface area contributed by atoms with Crippen LogP contribution in [0.4, 0.5) is 11.4 Å². The van der Waals surface area contributed by atoms with Gasteiger partial charge >= 0.3 is 0 Å². The first-order valence-electron chi connectivity index (χ1n) is 10.3. The highest BCUT2D eigenvalue weighted by molar-refractivity contribution is 5.92. The number of carbonyl (C=O) groups excluding carboxylic acids is 2. The molecule has 8 heteroatoms. The van der Waals surface area contributed by atoms with E-state index in [1.54, 1.807) is 19.1 Å². The number of likely N-dealkylation sites (N-methyl/N-ethyl adjacent to an activating group) is 1. The third-order valence-corrected chi connectivity index (χ3v) is 5.00. The van der Waals surface area contributed by atoms with Gasteiger partial charge in [-0.25, -0.2) is 0 Å². The molecule has 2 aromatic carbocycles. The van der Waals surface area contributed by atoms with Crippen molar-refractivity contribution in [3.8, 4) is 5.75 Å². The van der Waals surface area contributed by atoms with Crippen molar-refractivity contribution in [1.29, 1.82) is 0 Å². The van der Waals surface area contributed by atoms with Crippen LogP contribution in [0.15, 0.2) is 48.5 Å². The van der Waals surface area contributed by atoms with E-state index in [0.717, 1.165) is 49.0 Å². The molecule has 31 heavy (non-hydrogen) atoms. The van der Waals surface area contributed by atoms with Gasteiger partial charge in [-0.15, -0.1) is 0 Å². The van der Waals surface area contributed by atoms with Crippen LogP contribution in [0, 0.1) is 0 Å². The van der Waals surface area contributed by atoms with E-state index in [1.807, 2.05) is 48.5 Å². The molecule has 166 valence electrons. The maximum absolute atomic E-state index is 12.3. The van der Waals surface area contributed by atoms with Crippen LogP contribution in [0.3, 0.4) is 0 Å². The highest BCUT2D eigenvalue weighted by Gasteiger charge is 2.13. The van der Waals surface area contributed by atoms with Gasteiger partial charge in [0.25, 0.3) is 0 Å². The van der Waals surface area contributed by atoms with Gasteiger partial charge in [-0.3, -0.25) is 14.5 Å². The van der Waals surface area contributed by atoms with Crippen molar-refractivity contribution >= 4 is 23.2 Å². The molecular formula is C23H30N4O4. The minimum absolute atomic E-state index is 0.126. The van der Waals surface area contributed by atoms with Crippen LogP contribution < -0.4 is 20.3 Å². The Balaban J connectivity index is 1.38. The molecule has 1 heterocycles. The van der Waals surface area contributed by atoms with Gasteiger partial charge in [0.05, 0.1) is 33.4 Å². The topological polar surface area (TPSA) is 83.1 Å². The monoisotopic (exact) mass is 426 g/mol. The molecule has 0 saturated carbocycles. The summed E-state index contributed by atoms with van der Waals surface area (Å²) in [5.41, 5.74) is 2.83. The van der Waals surface area contributed by atoms with Gasteiger partial charge in [-0.05, 0) is 49.0 Å². The van der Waals surface area contributed by atoms with Crippen LogP contribution in [-0.2, 0) is 20.9 Å². The van der Waals surface area contributed by atoms with Crippen molar-refractivity contribution in [3.63, 3.8) is 0 Å². The lowest BCUT2D eigenvalue weighted by Crippen LogP contribution is -2.38. The van der Waals surface area contributed by atoms with E-state index in [1.165, 1.54) is 0 Å². The van der Waals surface area contributed by atoms with E-state index in [2.05, 4.69) is 15.5 Å². The zero-order chi connectivity index (χ0) is 22.1. The van der Waals surface area contributed by atoms with Crippen molar-refractivity contribution in [2.75, 3.05) is 63.8 Å². The predicted octanol–water partition coefficient (Wildman–Crippen LogP) is 1.72. The normalized spacial score (nSPS) is 13.7. The number of hydrogen-bond acceptors (Lipinski definition) is 6. The Morgan fingerprint density at radius 2 is 1.65 bits per heavy atom. The molecule has 0 radical (unpaired) electrons. The zero-order valence-electron chi connectivity index (χ0n) is 18.1. The van der Waals surface area contributed by atoms with Crippen LogP contribution in [0.25, 0.3) is 0 Å². The van der Waals surface area contributed by atoms with Gasteiger partial charge in [0.15, 0.2) is 0 Å². The van der Waals surface area contributed by atoms with E-state index < -0.39 is 0 Å². The molecule has 1 saturated heterocycles. The van der Waals surface area contributed by atoms with E-state index in [4.69, 9.17) is 9.47 Å². The Morgan fingerprint density at radius 1 is 1.00 bits per heavy atom. The molecule has 0 atom stereocenters. The molecule has 1 aliphatic rings. The van der Waals surface area contributed by atoms with E-state index in [0.29, 0.717) is 6.54 Å². The van der Waals surface area contributed by atoms with Crippen LogP contribution in [0.5, 0.6) is 5.75 Å². The van der Waals surface area contributed by atoms with Gasteiger partial charge in [0.1, 0.15) is 5.75 Å². The summed E-state index contributed by atoms with van der Waals surface area (Å²) in [7, 11) is 3.36. The first kappa shape index (κ1) is 22.6. The molecule has 2 N–H and O–H groups in total. The Labute approximate surface area is 183 Å². The minimum Gasteiger partial charge on any atom is -0.497 e. The summed E-state index contributed by atoms with van der Waals surface area (Å²) in [5, 5.41) is 5.74. The van der Waals surface area contributed by atoms with Crippen molar-refractivity contribution < 1.29 is 19.1 Å². The lowest BCUT2D eigenvalue weighted by molar-refractivity contribution is -0.123. The fourth-order valence-corrected chi connectivity index (χ4v) is 3.32. The summed E-state index contributed by atoms with van der Waals surface area (Å²) >= 11 is 0. The predicted molar refractivity (Wildman–Crippen MR) is 120 cm³/mol. The molecule has 0 aliphatic carbocycles. The number of morpholine rings is 1. The molecule has 1 fully saturated rings. The van der Waals surface area contributed by atoms with Gasteiger partial charge < -0.3 is 25.0 Å². The molecule has 0 unspecified atom stereocenters. The average Bonchev–Trinajstić information content (AvgIpc) is 2.79. The Hall–Kier alpha value is -3.10. The summed E-state index contributed by atoms with van der Waals surface area (Å²) in [5.74, 6) is 0.474. The lowest BCUT2D eigenvalue weighted by atomic mass is 10.2. The summed E-state index contributed by atoms with van der Waals surface area (Å²) in [6.07, 6.45) is 0. The second kappa shape index (κ2) is 11.3. The van der Waals surface area contributed by atoms with Gasteiger partial charge in [0.2, 0.25) is 11.8 Å². The van der Waals surface area contributed by atoms with Gasteiger partial charge in [0, 0.05) is 31.0 Å². The molecule has 0 spiro atoms. The SMILES string of the molecule is COc1ccc(CNC(=O)CN(C)CC(=O)Nc2ccc(N3CCOCC3)cc2)cc1. The summed E-state index contributed by atoms with van der Waals surface area (Å²) < 4.78 is 10.5. The number of rotatable bonds is 9. The number of ether oxygens (including phenoxy) is 2. The fourth-order valence-electron chi connectivity index (χ4n) is 3.32. The molecule has 1 aliphatic heterocycles. The van der Waals surface area contributed by atoms with E-state index >= 15 is 0 Å². The lowest BCUT2D eigenvalue weighted by Gasteiger charge is -2.28. The third kappa shape index (κ3) is 7.27. The molecule has 0 aromatic heterocycles. The Morgan fingerprint density at radius 3 is 2.29 bits per heavy atom. The molecule has 0 bridgehead atoms. The Bertz CT molecular complexity index is 849. The van der Waals surface area contributed by atoms with E-state index in [-0.39, 0.29) is 24.9 Å². The second-order valence-corrected chi connectivity index (χ2v) is 7.49. The number of nitrogens with one attached hydrogen (secondary N) is 2. The molecule has 3 rings (SSSR count). The summed E-state index contributed by atoms with van der Waals surface area (Å²) in [6.45, 7) is 3.91. The fraction of sp³-hybridized carbons (Fsp3) is 0.391. The first-order chi connectivity index (χ1) is 15.0. The highest BCUT2D eigenvalue weighted by Crippen LogP contribution is 2.19. The number of carbonyl (C=O) groups is 2. The second-order valence-electron chi connectivity index (χ2n) is 7.49. The third-order valence-electron chi connectivity index (χ3n) is 5.00. The molecule has 2 amide bonds. The van der Waals surface area contributed by atoms with Crippen molar-refractivity contribution in [3.05, 3.63) is 54.1 Å². The van der Waals surface area contributed by atoms with Crippen LogP contribution in [0.2, 0.25) is 0 Å². The van der Waals surface area contributed by atoms with Crippen molar-refractivity contribution in [2.24, 2.45) is 0 Å². The quantitative estimate of drug-likeness (QED) is 0.635.